The quantitative estimate of drug-likeness (QED) is 0.486. The fourth-order valence-corrected chi connectivity index (χ4v) is 2.06. The van der Waals surface area contributed by atoms with Gasteiger partial charge in [-0.25, -0.2) is 0 Å². The van der Waals surface area contributed by atoms with E-state index in [1.54, 1.807) is 0 Å². The Morgan fingerprint density at radius 3 is 2.67 bits per heavy atom. The lowest BCUT2D eigenvalue weighted by atomic mass is 10.1. The Morgan fingerprint density at radius 1 is 1.58 bits per heavy atom. The van der Waals surface area contributed by atoms with Crippen LogP contribution in [0.15, 0.2) is 12.2 Å². The normalized spacial score (nSPS) is 12.9. The number of rotatable bonds is 7. The molecule has 0 heterocycles. The van der Waals surface area contributed by atoms with Gasteiger partial charge < -0.3 is 5.32 Å². The van der Waals surface area contributed by atoms with Crippen molar-refractivity contribution in [3.8, 4) is 0 Å². The molecule has 1 N–H and O–H groups in total. The average Bonchev–Trinajstić information content (AvgIpc) is 2.02. The molecule has 12 heavy (non-hydrogen) atoms. The summed E-state index contributed by atoms with van der Waals surface area (Å²) in [6, 6.07) is 0.610. The van der Waals surface area contributed by atoms with Crippen molar-refractivity contribution in [1.29, 1.82) is 0 Å². The minimum atomic E-state index is 0.610. The Balaban J connectivity index is 3.46. The van der Waals surface area contributed by atoms with Crippen LogP contribution in [-0.4, -0.2) is 24.6 Å². The summed E-state index contributed by atoms with van der Waals surface area (Å²) in [6.07, 6.45) is 2.38. The van der Waals surface area contributed by atoms with Crippen LogP contribution in [-0.2, 0) is 0 Å². The second-order valence-electron chi connectivity index (χ2n) is 3.22. The summed E-state index contributed by atoms with van der Waals surface area (Å²) < 4.78 is 0. The molecule has 2 heteroatoms. The number of hydrogen-bond acceptors (Lipinski definition) is 2. The van der Waals surface area contributed by atoms with Gasteiger partial charge in [-0.2, -0.15) is 11.8 Å². The van der Waals surface area contributed by atoms with Gasteiger partial charge >= 0.3 is 0 Å². The molecule has 1 atom stereocenters. The maximum atomic E-state index is 3.92. The Hall–Kier alpha value is 0.0500. The van der Waals surface area contributed by atoms with E-state index < -0.39 is 0 Å². The van der Waals surface area contributed by atoms with E-state index in [1.165, 1.54) is 23.5 Å². The van der Waals surface area contributed by atoms with Gasteiger partial charge in [0.15, 0.2) is 0 Å². The standard InChI is InChI=1S/C10H21NS/c1-5-6-12-8-10(11-4)7-9(2)3/h10-11H,2,5-8H2,1,3-4H3. The van der Waals surface area contributed by atoms with Crippen molar-refractivity contribution in [2.45, 2.75) is 32.7 Å². The SMILES string of the molecule is C=C(C)CC(CSCCC)NC. The van der Waals surface area contributed by atoms with Crippen LogP contribution in [0.25, 0.3) is 0 Å². The molecule has 0 aromatic rings. The maximum Gasteiger partial charge on any atom is 0.0192 e. The van der Waals surface area contributed by atoms with E-state index >= 15 is 0 Å². The lowest BCUT2D eigenvalue weighted by molar-refractivity contribution is 0.614. The molecule has 0 rings (SSSR count). The molecule has 0 saturated carbocycles. The summed E-state index contributed by atoms with van der Waals surface area (Å²) in [4.78, 5) is 0. The van der Waals surface area contributed by atoms with Crippen molar-refractivity contribution < 1.29 is 0 Å². The summed E-state index contributed by atoms with van der Waals surface area (Å²) in [6.45, 7) is 8.24. The topological polar surface area (TPSA) is 12.0 Å². The zero-order chi connectivity index (χ0) is 9.40. The third-order valence-electron chi connectivity index (χ3n) is 1.67. The first-order valence-corrected chi connectivity index (χ1v) is 5.75. The minimum Gasteiger partial charge on any atom is -0.316 e. The van der Waals surface area contributed by atoms with Gasteiger partial charge in [-0.3, -0.25) is 0 Å². The highest BCUT2D eigenvalue weighted by atomic mass is 32.2. The van der Waals surface area contributed by atoms with Gasteiger partial charge in [-0.05, 0) is 32.6 Å². The Morgan fingerprint density at radius 2 is 2.25 bits per heavy atom. The molecule has 0 aromatic carbocycles. The second kappa shape index (κ2) is 7.69. The van der Waals surface area contributed by atoms with E-state index in [0.29, 0.717) is 6.04 Å². The summed E-state index contributed by atoms with van der Waals surface area (Å²) >= 11 is 2.02. The van der Waals surface area contributed by atoms with E-state index in [4.69, 9.17) is 0 Å². The van der Waals surface area contributed by atoms with E-state index in [-0.39, 0.29) is 0 Å². The number of nitrogens with one attached hydrogen (secondary N) is 1. The molecule has 0 radical (unpaired) electrons. The minimum absolute atomic E-state index is 0.610. The van der Waals surface area contributed by atoms with Crippen molar-refractivity contribution in [3.63, 3.8) is 0 Å². The van der Waals surface area contributed by atoms with Gasteiger partial charge in [0.2, 0.25) is 0 Å². The van der Waals surface area contributed by atoms with Crippen molar-refractivity contribution >= 4 is 11.8 Å². The monoisotopic (exact) mass is 187 g/mol. The molecular formula is C10H21NS. The molecule has 0 aromatic heterocycles. The van der Waals surface area contributed by atoms with Crippen LogP contribution in [0, 0.1) is 0 Å². The molecule has 1 nitrogen and oxygen atoms in total. The fourth-order valence-electron chi connectivity index (χ4n) is 1.03. The molecule has 0 bridgehead atoms. The van der Waals surface area contributed by atoms with Crippen LogP contribution in [0.4, 0.5) is 0 Å². The van der Waals surface area contributed by atoms with Gasteiger partial charge in [0.1, 0.15) is 0 Å². The Bertz CT molecular complexity index is 123. The van der Waals surface area contributed by atoms with Crippen molar-refractivity contribution in [2.75, 3.05) is 18.6 Å². The Labute approximate surface area is 81.0 Å². The first-order chi connectivity index (χ1) is 5.70. The zero-order valence-corrected chi connectivity index (χ0v) is 9.34. The third kappa shape index (κ3) is 6.74. The molecule has 0 amide bonds. The van der Waals surface area contributed by atoms with Crippen LogP contribution >= 0.6 is 11.8 Å². The predicted octanol–water partition coefficient (Wildman–Crippen LogP) is 2.68. The summed E-state index contributed by atoms with van der Waals surface area (Å²) in [5, 5.41) is 3.31. The maximum absolute atomic E-state index is 3.92. The lowest BCUT2D eigenvalue weighted by Crippen LogP contribution is -2.27. The molecule has 0 aliphatic heterocycles. The Kier molecular flexibility index (Phi) is 7.72. The van der Waals surface area contributed by atoms with Crippen LogP contribution in [0.3, 0.4) is 0 Å². The lowest BCUT2D eigenvalue weighted by Gasteiger charge is -2.15. The van der Waals surface area contributed by atoms with Gasteiger partial charge in [0.05, 0.1) is 0 Å². The van der Waals surface area contributed by atoms with E-state index in [1.807, 2.05) is 18.8 Å². The van der Waals surface area contributed by atoms with Gasteiger partial charge in [-0.1, -0.05) is 12.5 Å². The predicted molar refractivity (Wildman–Crippen MR) is 59.9 cm³/mol. The number of thioether (sulfide) groups is 1. The van der Waals surface area contributed by atoms with Crippen LogP contribution in [0.5, 0.6) is 0 Å². The fraction of sp³-hybridized carbons (Fsp3) is 0.800. The van der Waals surface area contributed by atoms with E-state index in [0.717, 1.165) is 6.42 Å². The van der Waals surface area contributed by atoms with Crippen LogP contribution < -0.4 is 5.32 Å². The summed E-state index contributed by atoms with van der Waals surface area (Å²) in [5.41, 5.74) is 1.27. The summed E-state index contributed by atoms with van der Waals surface area (Å²) in [5.74, 6) is 2.48. The first kappa shape index (κ1) is 12.0. The molecule has 1 unspecified atom stereocenters. The molecule has 0 saturated heterocycles. The van der Waals surface area contributed by atoms with Crippen molar-refractivity contribution in [2.24, 2.45) is 0 Å². The highest BCUT2D eigenvalue weighted by Gasteiger charge is 2.04. The molecule has 0 aliphatic rings. The molecule has 72 valence electrons. The van der Waals surface area contributed by atoms with Crippen LogP contribution in [0.2, 0.25) is 0 Å². The molecule has 0 aliphatic carbocycles. The van der Waals surface area contributed by atoms with Gasteiger partial charge in [0, 0.05) is 11.8 Å². The largest absolute Gasteiger partial charge is 0.316 e. The molecule has 0 spiro atoms. The van der Waals surface area contributed by atoms with E-state index in [2.05, 4.69) is 25.7 Å². The van der Waals surface area contributed by atoms with Gasteiger partial charge in [0.25, 0.3) is 0 Å². The highest BCUT2D eigenvalue weighted by Crippen LogP contribution is 2.09. The second-order valence-corrected chi connectivity index (χ2v) is 4.37. The third-order valence-corrected chi connectivity index (χ3v) is 3.01. The van der Waals surface area contributed by atoms with Gasteiger partial charge in [-0.15, -0.1) is 6.58 Å². The zero-order valence-electron chi connectivity index (χ0n) is 8.52. The highest BCUT2D eigenvalue weighted by molar-refractivity contribution is 7.99. The smallest absolute Gasteiger partial charge is 0.0192 e. The first-order valence-electron chi connectivity index (χ1n) is 4.60. The number of hydrogen-bond donors (Lipinski definition) is 1. The average molecular weight is 187 g/mol. The van der Waals surface area contributed by atoms with Crippen molar-refractivity contribution in [1.82, 2.24) is 5.32 Å². The van der Waals surface area contributed by atoms with Crippen molar-refractivity contribution in [3.05, 3.63) is 12.2 Å². The molecular weight excluding hydrogens is 166 g/mol. The summed E-state index contributed by atoms with van der Waals surface area (Å²) in [7, 11) is 2.03. The molecule has 0 fully saturated rings. The van der Waals surface area contributed by atoms with Crippen LogP contribution in [0.1, 0.15) is 26.7 Å². The van der Waals surface area contributed by atoms with E-state index in [9.17, 15) is 0 Å².